The van der Waals surface area contributed by atoms with Gasteiger partial charge in [0.1, 0.15) is 5.82 Å². The smallest absolute Gasteiger partial charge is 0.360 e. The van der Waals surface area contributed by atoms with Crippen LogP contribution in [0, 0.1) is 0 Å². The molecule has 84 valence electrons. The van der Waals surface area contributed by atoms with Crippen LogP contribution in [-0.2, 0) is 11.3 Å². The average molecular weight is 238 g/mol. The summed E-state index contributed by atoms with van der Waals surface area (Å²) < 4.78 is 6.21. The zero-order valence-electron chi connectivity index (χ0n) is 8.58. The fraction of sp³-hybridized carbons (Fsp3) is 0.222. The molecule has 2 heterocycles. The van der Waals surface area contributed by atoms with Gasteiger partial charge in [-0.2, -0.15) is 0 Å². The maximum absolute atomic E-state index is 11.3. The Balaban J connectivity index is 2.23. The van der Waals surface area contributed by atoms with Crippen LogP contribution in [0.15, 0.2) is 17.2 Å². The van der Waals surface area contributed by atoms with Crippen LogP contribution in [0.4, 0.5) is 5.82 Å². The summed E-state index contributed by atoms with van der Waals surface area (Å²) in [4.78, 5) is 19.3. The average Bonchev–Trinajstić information content (AvgIpc) is 2.90. The fourth-order valence-electron chi connectivity index (χ4n) is 1.26. The number of nitrogen functional groups attached to an aromatic ring is 1. The van der Waals surface area contributed by atoms with E-state index in [9.17, 15) is 4.79 Å². The van der Waals surface area contributed by atoms with Crippen molar-refractivity contribution in [2.45, 2.75) is 6.54 Å². The second kappa shape index (κ2) is 4.31. The minimum atomic E-state index is -0.533. The first-order valence-corrected chi connectivity index (χ1v) is 5.42. The van der Waals surface area contributed by atoms with Gasteiger partial charge in [0, 0.05) is 5.38 Å². The fourth-order valence-corrected chi connectivity index (χ4v) is 1.81. The number of esters is 1. The van der Waals surface area contributed by atoms with Crippen molar-refractivity contribution in [1.29, 1.82) is 0 Å². The number of methoxy groups -OCH3 is 1. The highest BCUT2D eigenvalue weighted by Crippen LogP contribution is 2.13. The number of nitrogens with zero attached hydrogens (tertiary/aromatic N) is 3. The molecule has 0 aliphatic rings. The molecule has 0 spiro atoms. The number of hydrogen-bond acceptors (Lipinski definition) is 6. The second-order valence-corrected chi connectivity index (χ2v) is 3.80. The van der Waals surface area contributed by atoms with Crippen molar-refractivity contribution in [2.75, 3.05) is 12.8 Å². The van der Waals surface area contributed by atoms with E-state index in [1.54, 1.807) is 10.1 Å². The highest BCUT2D eigenvalue weighted by molar-refractivity contribution is 7.07. The van der Waals surface area contributed by atoms with Gasteiger partial charge in [0.25, 0.3) is 0 Å². The summed E-state index contributed by atoms with van der Waals surface area (Å²) in [6.07, 6.45) is 1.50. The van der Waals surface area contributed by atoms with E-state index in [-0.39, 0.29) is 5.69 Å². The van der Waals surface area contributed by atoms with Gasteiger partial charge in [0.2, 0.25) is 0 Å². The third-order valence-corrected chi connectivity index (χ3v) is 2.71. The van der Waals surface area contributed by atoms with Crippen LogP contribution in [0.5, 0.6) is 0 Å². The normalized spacial score (nSPS) is 10.3. The first-order valence-electron chi connectivity index (χ1n) is 4.48. The van der Waals surface area contributed by atoms with Gasteiger partial charge in [-0.25, -0.2) is 14.8 Å². The van der Waals surface area contributed by atoms with Gasteiger partial charge in [0.05, 0.1) is 31.2 Å². The Labute approximate surface area is 95.7 Å². The third-order valence-electron chi connectivity index (χ3n) is 2.07. The van der Waals surface area contributed by atoms with Crippen molar-refractivity contribution < 1.29 is 9.53 Å². The number of hydrogen-bond donors (Lipinski definition) is 1. The summed E-state index contributed by atoms with van der Waals surface area (Å²) in [5.41, 5.74) is 8.53. The highest BCUT2D eigenvalue weighted by atomic mass is 32.1. The second-order valence-electron chi connectivity index (χ2n) is 3.08. The Morgan fingerprint density at radius 2 is 2.44 bits per heavy atom. The van der Waals surface area contributed by atoms with Crippen molar-refractivity contribution in [3.8, 4) is 0 Å². The van der Waals surface area contributed by atoms with E-state index in [1.165, 1.54) is 24.8 Å². The lowest BCUT2D eigenvalue weighted by atomic mass is 10.4. The number of carbonyl (C=O) groups excluding carboxylic acids is 1. The topological polar surface area (TPSA) is 83.0 Å². The van der Waals surface area contributed by atoms with Crippen LogP contribution in [0.1, 0.15) is 16.2 Å². The molecule has 2 N–H and O–H groups in total. The van der Waals surface area contributed by atoms with Crippen molar-refractivity contribution in [3.63, 3.8) is 0 Å². The number of imidazole rings is 1. The Morgan fingerprint density at radius 1 is 1.62 bits per heavy atom. The Bertz CT molecular complexity index is 492. The Morgan fingerprint density at radius 3 is 3.06 bits per heavy atom. The van der Waals surface area contributed by atoms with Crippen LogP contribution in [-0.4, -0.2) is 27.6 Å². The summed E-state index contributed by atoms with van der Waals surface area (Å²) in [6.45, 7) is 0.499. The summed E-state index contributed by atoms with van der Waals surface area (Å²) in [6, 6.07) is 0. The number of anilines is 1. The summed E-state index contributed by atoms with van der Waals surface area (Å²) in [5.74, 6) is -0.241. The largest absolute Gasteiger partial charge is 0.464 e. The van der Waals surface area contributed by atoms with Crippen LogP contribution in [0.2, 0.25) is 0 Å². The molecule has 0 atom stereocenters. The molecular weight excluding hydrogens is 228 g/mol. The first kappa shape index (κ1) is 10.6. The number of nitrogens with two attached hydrogens (primary N) is 1. The SMILES string of the molecule is COC(=O)c1ncn(Cc2cscn2)c1N. The van der Waals surface area contributed by atoms with Gasteiger partial charge in [-0.05, 0) is 0 Å². The van der Waals surface area contributed by atoms with E-state index in [0.717, 1.165) is 5.69 Å². The Kier molecular flexibility index (Phi) is 2.86. The van der Waals surface area contributed by atoms with E-state index in [0.29, 0.717) is 12.4 Å². The molecule has 16 heavy (non-hydrogen) atoms. The number of carbonyl (C=O) groups is 1. The van der Waals surface area contributed by atoms with Crippen LogP contribution in [0.25, 0.3) is 0 Å². The van der Waals surface area contributed by atoms with E-state index in [4.69, 9.17) is 5.73 Å². The summed E-state index contributed by atoms with van der Waals surface area (Å²) >= 11 is 1.51. The van der Waals surface area contributed by atoms with E-state index in [2.05, 4.69) is 14.7 Å². The molecule has 6 nitrogen and oxygen atoms in total. The molecule has 0 aliphatic heterocycles. The van der Waals surface area contributed by atoms with Crippen molar-refractivity contribution in [1.82, 2.24) is 14.5 Å². The molecule has 0 unspecified atom stereocenters. The number of thiazole rings is 1. The predicted molar refractivity (Wildman–Crippen MR) is 59.2 cm³/mol. The number of rotatable bonds is 3. The van der Waals surface area contributed by atoms with Crippen LogP contribution < -0.4 is 5.73 Å². The van der Waals surface area contributed by atoms with Gasteiger partial charge in [0.15, 0.2) is 5.69 Å². The molecule has 0 saturated heterocycles. The molecule has 0 radical (unpaired) electrons. The van der Waals surface area contributed by atoms with Gasteiger partial charge >= 0.3 is 5.97 Å². The molecule has 2 rings (SSSR count). The maximum Gasteiger partial charge on any atom is 0.360 e. The molecule has 2 aromatic heterocycles. The summed E-state index contributed by atoms with van der Waals surface area (Å²) in [7, 11) is 1.29. The molecular formula is C9H10N4O2S. The summed E-state index contributed by atoms with van der Waals surface area (Å²) in [5, 5.41) is 1.91. The van der Waals surface area contributed by atoms with Crippen LogP contribution >= 0.6 is 11.3 Å². The van der Waals surface area contributed by atoms with E-state index < -0.39 is 5.97 Å². The Hall–Kier alpha value is -1.89. The van der Waals surface area contributed by atoms with Crippen LogP contribution in [0.3, 0.4) is 0 Å². The van der Waals surface area contributed by atoms with Gasteiger partial charge in [-0.3, -0.25) is 0 Å². The first-order chi connectivity index (χ1) is 7.72. The zero-order valence-corrected chi connectivity index (χ0v) is 9.40. The monoisotopic (exact) mass is 238 g/mol. The van der Waals surface area contributed by atoms with Gasteiger partial charge in [-0.1, -0.05) is 0 Å². The molecule has 0 aromatic carbocycles. The molecule has 2 aromatic rings. The lowest BCUT2D eigenvalue weighted by molar-refractivity contribution is 0.0596. The zero-order chi connectivity index (χ0) is 11.5. The molecule has 7 heteroatoms. The van der Waals surface area contributed by atoms with E-state index in [1.807, 2.05) is 5.38 Å². The lowest BCUT2D eigenvalue weighted by Crippen LogP contribution is -2.09. The molecule has 0 saturated carbocycles. The third kappa shape index (κ3) is 1.89. The quantitative estimate of drug-likeness (QED) is 0.798. The van der Waals surface area contributed by atoms with Crippen molar-refractivity contribution in [2.24, 2.45) is 0 Å². The predicted octanol–water partition coefficient (Wildman–Crippen LogP) is 0.757. The molecule has 0 bridgehead atoms. The highest BCUT2D eigenvalue weighted by Gasteiger charge is 2.16. The van der Waals surface area contributed by atoms with E-state index >= 15 is 0 Å². The minimum absolute atomic E-state index is 0.137. The standard InChI is InChI=1S/C9H10N4O2S/c1-15-9(14)7-8(10)13(4-11-7)2-6-3-16-5-12-6/h3-5H,2,10H2,1H3. The molecule has 0 amide bonds. The molecule has 0 aliphatic carbocycles. The minimum Gasteiger partial charge on any atom is -0.464 e. The van der Waals surface area contributed by atoms with Gasteiger partial charge < -0.3 is 15.0 Å². The number of ether oxygens (including phenoxy) is 1. The van der Waals surface area contributed by atoms with Crippen molar-refractivity contribution in [3.05, 3.63) is 28.6 Å². The van der Waals surface area contributed by atoms with Crippen molar-refractivity contribution >= 4 is 23.1 Å². The molecule has 0 fully saturated rings. The lowest BCUT2D eigenvalue weighted by Gasteiger charge is -2.02. The van der Waals surface area contributed by atoms with Gasteiger partial charge in [-0.15, -0.1) is 11.3 Å². The maximum atomic E-state index is 11.3. The number of aromatic nitrogens is 3.